The zero-order valence-corrected chi connectivity index (χ0v) is 15.5. The number of carbonyl (C=O) groups is 2. The second-order valence-corrected chi connectivity index (χ2v) is 7.00. The van der Waals surface area contributed by atoms with Crippen LogP contribution in [0, 0.1) is 0 Å². The van der Waals surface area contributed by atoms with Gasteiger partial charge in [-0.15, -0.1) is 0 Å². The average molecular weight is 382 g/mol. The maximum Gasteiger partial charge on any atom is 0.329 e. The highest BCUT2D eigenvalue weighted by molar-refractivity contribution is 6.05. The average Bonchev–Trinajstić information content (AvgIpc) is 3.11. The second-order valence-electron chi connectivity index (χ2n) is 7.00. The van der Waals surface area contributed by atoms with E-state index in [1.165, 1.54) is 0 Å². The topological polar surface area (TPSA) is 111 Å². The standard InChI is InChI=1S/C19H22N6O3/c1-12(26)10-21-18(27)14-5-6-15-17(22-14)25(13-7-9-24(15)11-13)19(28)23-16-4-2-3-8-20-16/h2-6,8,12-13,26H,7,9-11H2,1H3,(H,21,27)(H,20,23,28)/t12-,13?/m0/s1. The van der Waals surface area contributed by atoms with Gasteiger partial charge in [-0.25, -0.2) is 14.8 Å². The maximum absolute atomic E-state index is 13.0. The second kappa shape index (κ2) is 7.43. The molecule has 9 nitrogen and oxygen atoms in total. The minimum atomic E-state index is -0.649. The summed E-state index contributed by atoms with van der Waals surface area (Å²) < 4.78 is 0. The fourth-order valence-electron chi connectivity index (χ4n) is 3.54. The molecule has 1 saturated heterocycles. The van der Waals surface area contributed by atoms with Crippen molar-refractivity contribution in [2.24, 2.45) is 0 Å². The summed E-state index contributed by atoms with van der Waals surface area (Å²) in [6, 6.07) is 8.43. The number of nitrogens with one attached hydrogen (secondary N) is 2. The van der Waals surface area contributed by atoms with Gasteiger partial charge in [-0.1, -0.05) is 6.07 Å². The molecule has 1 fully saturated rings. The van der Waals surface area contributed by atoms with E-state index in [9.17, 15) is 14.7 Å². The molecule has 4 rings (SSSR count). The molecule has 2 aromatic rings. The van der Waals surface area contributed by atoms with Crippen LogP contribution in [0.4, 0.5) is 22.1 Å². The van der Waals surface area contributed by atoms with Gasteiger partial charge in [0.2, 0.25) is 0 Å². The largest absolute Gasteiger partial charge is 0.392 e. The fourth-order valence-corrected chi connectivity index (χ4v) is 3.54. The number of rotatable bonds is 4. The van der Waals surface area contributed by atoms with E-state index < -0.39 is 6.10 Å². The number of fused-ring (bicyclic) bond motifs is 4. The summed E-state index contributed by atoms with van der Waals surface area (Å²) in [5.74, 6) is 0.536. The molecule has 3 amide bonds. The third-order valence-corrected chi connectivity index (χ3v) is 4.86. The first-order valence-corrected chi connectivity index (χ1v) is 9.26. The van der Waals surface area contributed by atoms with E-state index in [2.05, 4.69) is 25.5 Å². The minimum Gasteiger partial charge on any atom is -0.392 e. The summed E-state index contributed by atoms with van der Waals surface area (Å²) in [5, 5.41) is 14.8. The molecule has 1 unspecified atom stereocenters. The number of hydrogen-bond donors (Lipinski definition) is 3. The zero-order chi connectivity index (χ0) is 19.7. The van der Waals surface area contributed by atoms with E-state index in [0.29, 0.717) is 11.6 Å². The molecule has 0 saturated carbocycles. The molecule has 28 heavy (non-hydrogen) atoms. The molecule has 2 bridgehead atoms. The Balaban J connectivity index is 1.63. The Kier molecular flexibility index (Phi) is 4.82. The molecule has 146 valence electrons. The number of hydrogen-bond acceptors (Lipinski definition) is 6. The van der Waals surface area contributed by atoms with Gasteiger partial charge in [0.25, 0.3) is 5.91 Å². The van der Waals surface area contributed by atoms with Gasteiger partial charge in [-0.05, 0) is 37.6 Å². The zero-order valence-electron chi connectivity index (χ0n) is 15.5. The van der Waals surface area contributed by atoms with Gasteiger partial charge in [-0.2, -0.15) is 0 Å². The van der Waals surface area contributed by atoms with Crippen molar-refractivity contribution in [3.63, 3.8) is 0 Å². The number of carbonyl (C=O) groups excluding carboxylic acids is 2. The highest BCUT2D eigenvalue weighted by atomic mass is 16.3. The van der Waals surface area contributed by atoms with Gasteiger partial charge in [0.05, 0.1) is 17.8 Å². The number of urea groups is 1. The number of aliphatic hydroxyl groups is 1. The van der Waals surface area contributed by atoms with Crippen LogP contribution in [0.1, 0.15) is 23.8 Å². The Morgan fingerprint density at radius 3 is 2.93 bits per heavy atom. The number of aliphatic hydroxyl groups excluding tert-OH is 1. The quantitative estimate of drug-likeness (QED) is 0.733. The molecule has 0 aromatic carbocycles. The van der Waals surface area contributed by atoms with Crippen molar-refractivity contribution in [1.82, 2.24) is 15.3 Å². The predicted octanol–water partition coefficient (Wildman–Crippen LogP) is 1.22. The molecular weight excluding hydrogens is 360 g/mol. The lowest BCUT2D eigenvalue weighted by molar-refractivity contribution is 0.0919. The van der Waals surface area contributed by atoms with E-state index >= 15 is 0 Å². The highest BCUT2D eigenvalue weighted by Crippen LogP contribution is 2.39. The van der Waals surface area contributed by atoms with Crippen LogP contribution in [0.5, 0.6) is 0 Å². The van der Waals surface area contributed by atoms with Gasteiger partial charge in [0.1, 0.15) is 11.5 Å². The van der Waals surface area contributed by atoms with Crippen LogP contribution < -0.4 is 20.4 Å². The van der Waals surface area contributed by atoms with E-state index in [4.69, 9.17) is 0 Å². The van der Waals surface area contributed by atoms with Gasteiger partial charge in [0.15, 0.2) is 5.82 Å². The number of amides is 3. The molecule has 2 aliphatic heterocycles. The van der Waals surface area contributed by atoms with Crippen molar-refractivity contribution in [2.75, 3.05) is 34.8 Å². The maximum atomic E-state index is 13.0. The highest BCUT2D eigenvalue weighted by Gasteiger charge is 2.40. The van der Waals surface area contributed by atoms with Crippen LogP contribution in [0.25, 0.3) is 0 Å². The van der Waals surface area contributed by atoms with Gasteiger partial charge in [0, 0.05) is 25.8 Å². The van der Waals surface area contributed by atoms with E-state index in [1.54, 1.807) is 42.3 Å². The van der Waals surface area contributed by atoms with Crippen LogP contribution in [0.2, 0.25) is 0 Å². The van der Waals surface area contributed by atoms with Crippen molar-refractivity contribution in [1.29, 1.82) is 0 Å². The van der Waals surface area contributed by atoms with E-state index in [-0.39, 0.29) is 30.2 Å². The number of pyridine rings is 2. The summed E-state index contributed by atoms with van der Waals surface area (Å²) in [6.07, 6.45) is 1.79. The van der Waals surface area contributed by atoms with E-state index in [1.807, 2.05) is 6.07 Å². The van der Waals surface area contributed by atoms with Crippen LogP contribution in [0.15, 0.2) is 36.5 Å². The number of aromatic nitrogens is 2. The normalized spacial score (nSPS) is 18.4. The third kappa shape index (κ3) is 3.48. The van der Waals surface area contributed by atoms with Crippen molar-refractivity contribution in [2.45, 2.75) is 25.5 Å². The predicted molar refractivity (Wildman–Crippen MR) is 105 cm³/mol. The molecule has 2 aromatic heterocycles. The van der Waals surface area contributed by atoms with Gasteiger partial charge < -0.3 is 15.3 Å². The molecular formula is C19H22N6O3. The lowest BCUT2D eigenvalue weighted by atomic mass is 10.1. The van der Waals surface area contributed by atoms with Crippen LogP contribution >= 0.6 is 0 Å². The summed E-state index contributed by atoms with van der Waals surface area (Å²) >= 11 is 0. The molecule has 0 spiro atoms. The van der Waals surface area contributed by atoms with Crippen LogP contribution in [-0.2, 0) is 0 Å². The van der Waals surface area contributed by atoms with Crippen molar-refractivity contribution < 1.29 is 14.7 Å². The van der Waals surface area contributed by atoms with Gasteiger partial charge >= 0.3 is 6.03 Å². The lowest BCUT2D eigenvalue weighted by Gasteiger charge is -2.35. The SMILES string of the molecule is C[C@H](O)CNC(=O)c1ccc2c(n1)N(C(=O)Nc1ccccn1)C1CCN2C1. The Labute approximate surface area is 162 Å². The van der Waals surface area contributed by atoms with Crippen molar-refractivity contribution >= 4 is 29.3 Å². The Morgan fingerprint density at radius 2 is 2.18 bits per heavy atom. The molecule has 0 aliphatic carbocycles. The first-order chi connectivity index (χ1) is 13.5. The first-order valence-electron chi connectivity index (χ1n) is 9.26. The molecule has 3 N–H and O–H groups in total. The Morgan fingerprint density at radius 1 is 1.32 bits per heavy atom. The molecule has 2 atom stereocenters. The number of nitrogens with zero attached hydrogens (tertiary/aromatic N) is 4. The minimum absolute atomic E-state index is 0.0144. The molecule has 2 aliphatic rings. The number of anilines is 3. The fraction of sp³-hybridized carbons (Fsp3) is 0.368. The summed E-state index contributed by atoms with van der Waals surface area (Å²) in [5.41, 5.74) is 1.04. The van der Waals surface area contributed by atoms with Crippen molar-refractivity contribution in [3.05, 3.63) is 42.2 Å². The summed E-state index contributed by atoms with van der Waals surface area (Å²) in [7, 11) is 0. The van der Waals surface area contributed by atoms with Gasteiger partial charge in [-0.3, -0.25) is 15.0 Å². The molecule has 9 heteroatoms. The smallest absolute Gasteiger partial charge is 0.329 e. The molecule has 4 heterocycles. The van der Waals surface area contributed by atoms with E-state index in [0.717, 1.165) is 25.2 Å². The van der Waals surface area contributed by atoms with Crippen LogP contribution in [0.3, 0.4) is 0 Å². The third-order valence-electron chi connectivity index (χ3n) is 4.86. The summed E-state index contributed by atoms with van der Waals surface area (Å²) in [4.78, 5) is 37.8. The first kappa shape index (κ1) is 18.2. The molecule has 0 radical (unpaired) electrons. The lowest BCUT2D eigenvalue weighted by Crippen LogP contribution is -2.48. The van der Waals surface area contributed by atoms with Crippen molar-refractivity contribution in [3.8, 4) is 0 Å². The Bertz CT molecular complexity index is 888. The van der Waals surface area contributed by atoms with Crippen LogP contribution in [-0.4, -0.2) is 58.8 Å². The monoisotopic (exact) mass is 382 g/mol. The Hall–Kier alpha value is -3.20. The summed E-state index contributed by atoms with van der Waals surface area (Å²) in [6.45, 7) is 3.30.